The van der Waals surface area contributed by atoms with Crippen LogP contribution in [0.4, 0.5) is 0 Å². The molecule has 5 unspecified atom stereocenters. The minimum Gasteiger partial charge on any atom is -0.463 e. The van der Waals surface area contributed by atoms with Gasteiger partial charge in [-0.1, -0.05) is 158 Å². The smallest absolute Gasteiger partial charge is 0.463 e. The highest BCUT2D eigenvalue weighted by Gasteiger charge is 2.28. The SMILES string of the molecule is CCCCC/C=C\C/C=C\C/C=C\CCCCCCC(=O)OCC(O)COP(=O)(O)OCC(O)COP(=O)(O)OCC(O)COC(=O)CCCCCCCCCCC/C=C\C/C=C\CCCCC. The molecule has 0 aromatic rings. The Morgan fingerprint density at radius 1 is 0.382 bits per heavy atom. The van der Waals surface area contributed by atoms with E-state index < -0.39 is 85.5 Å². The van der Waals surface area contributed by atoms with Gasteiger partial charge in [-0.25, -0.2) is 9.13 Å². The van der Waals surface area contributed by atoms with Crippen LogP contribution in [0.1, 0.15) is 194 Å². The second-order valence-corrected chi connectivity index (χ2v) is 20.1. The summed E-state index contributed by atoms with van der Waals surface area (Å²) >= 11 is 0. The van der Waals surface area contributed by atoms with Crippen molar-refractivity contribution >= 4 is 27.6 Å². The zero-order chi connectivity index (χ0) is 50.2. The summed E-state index contributed by atoms with van der Waals surface area (Å²) in [6.45, 7) is 0.344. The predicted molar refractivity (Wildman–Crippen MR) is 270 cm³/mol. The number of unbranched alkanes of at least 4 members (excludes halogenated alkanes) is 19. The number of aliphatic hydroxyl groups is 3. The van der Waals surface area contributed by atoms with Crippen molar-refractivity contribution in [2.45, 2.75) is 212 Å². The monoisotopic (exact) mass is 1010 g/mol. The van der Waals surface area contributed by atoms with Crippen LogP contribution in [0.3, 0.4) is 0 Å². The van der Waals surface area contributed by atoms with E-state index in [1.807, 2.05) is 0 Å². The number of hydrogen-bond donors (Lipinski definition) is 5. The normalized spacial score (nSPS) is 15.5. The van der Waals surface area contributed by atoms with Crippen LogP contribution in [0.5, 0.6) is 0 Å². The van der Waals surface area contributed by atoms with E-state index in [1.54, 1.807) is 0 Å². The molecule has 68 heavy (non-hydrogen) atoms. The molecule has 0 aliphatic rings. The maximum atomic E-state index is 12.2. The third-order valence-corrected chi connectivity index (χ3v) is 12.3. The number of carbonyl (C=O) groups excluding carboxylic acids is 2. The Bertz CT molecular complexity index is 1450. The quantitative estimate of drug-likeness (QED) is 0.0165. The van der Waals surface area contributed by atoms with Crippen molar-refractivity contribution in [2.24, 2.45) is 0 Å². The lowest BCUT2D eigenvalue weighted by Gasteiger charge is -2.19. The molecule has 0 aromatic heterocycles. The molecule has 0 saturated heterocycles. The standard InChI is InChI=1S/C51H92O15P2/c1-3-5-7-9-11-13-15-17-19-21-22-24-26-28-30-32-34-36-38-40-51(56)62-42-48(53)44-64-68(59,60)66-46-49(54)45-65-67(57,58)63-43-47(52)41-61-50(55)39-37-35-33-31-29-27-25-23-20-18-16-14-12-10-8-6-4-2/h11-14,17-20,25,27,47-49,52-54H,3-10,15-16,21-24,26,28-46H2,1-2H3,(H,57,58)(H,59,60)/b13-11-,14-12-,19-17-,20-18-,27-25-. The summed E-state index contributed by atoms with van der Waals surface area (Å²) in [6.07, 6.45) is 46.3. The molecule has 0 spiro atoms. The lowest BCUT2D eigenvalue weighted by Crippen LogP contribution is -2.25. The van der Waals surface area contributed by atoms with Crippen molar-refractivity contribution in [2.75, 3.05) is 39.6 Å². The molecule has 0 aliphatic carbocycles. The molecule has 5 N–H and O–H groups in total. The largest absolute Gasteiger partial charge is 0.472 e. The van der Waals surface area contributed by atoms with Gasteiger partial charge in [0.25, 0.3) is 0 Å². The molecule has 0 aliphatic heterocycles. The van der Waals surface area contributed by atoms with Gasteiger partial charge in [-0.3, -0.25) is 27.7 Å². The van der Waals surface area contributed by atoms with E-state index in [0.29, 0.717) is 12.8 Å². The van der Waals surface area contributed by atoms with Crippen LogP contribution in [0.15, 0.2) is 60.8 Å². The molecule has 0 amide bonds. The lowest BCUT2D eigenvalue weighted by molar-refractivity contribution is -0.148. The molecule has 0 saturated carbocycles. The van der Waals surface area contributed by atoms with E-state index in [9.17, 15) is 43.8 Å². The molecular weight excluding hydrogens is 914 g/mol. The van der Waals surface area contributed by atoms with Gasteiger partial charge in [-0.2, -0.15) is 0 Å². The van der Waals surface area contributed by atoms with Gasteiger partial charge >= 0.3 is 27.6 Å². The first kappa shape index (κ1) is 65.7. The summed E-state index contributed by atoms with van der Waals surface area (Å²) in [5.41, 5.74) is 0. The number of aliphatic hydroxyl groups excluding tert-OH is 3. The molecule has 0 fully saturated rings. The number of rotatable bonds is 49. The third-order valence-electron chi connectivity index (χ3n) is 10.4. The Morgan fingerprint density at radius 2 is 0.632 bits per heavy atom. The fourth-order valence-electron chi connectivity index (χ4n) is 6.43. The highest BCUT2D eigenvalue weighted by Crippen LogP contribution is 2.45. The molecule has 5 atom stereocenters. The van der Waals surface area contributed by atoms with E-state index in [-0.39, 0.29) is 12.8 Å². The number of phosphoric ester groups is 2. The summed E-state index contributed by atoms with van der Waals surface area (Å²) in [7, 11) is -9.59. The number of phosphoric acid groups is 2. The summed E-state index contributed by atoms with van der Waals surface area (Å²) in [5, 5.41) is 30.1. The van der Waals surface area contributed by atoms with Gasteiger partial charge in [0.2, 0.25) is 0 Å². The molecule has 0 aromatic carbocycles. The van der Waals surface area contributed by atoms with Crippen molar-refractivity contribution in [3.8, 4) is 0 Å². The van der Waals surface area contributed by atoms with Crippen LogP contribution >= 0.6 is 15.6 Å². The van der Waals surface area contributed by atoms with E-state index in [4.69, 9.17) is 14.0 Å². The van der Waals surface area contributed by atoms with Crippen LogP contribution in [0.2, 0.25) is 0 Å². The number of esters is 2. The van der Waals surface area contributed by atoms with E-state index in [1.165, 1.54) is 77.0 Å². The van der Waals surface area contributed by atoms with Crippen LogP contribution in [0, 0.1) is 0 Å². The van der Waals surface area contributed by atoms with Crippen LogP contribution in [-0.4, -0.2) is 95.0 Å². The number of allylic oxidation sites excluding steroid dienone is 10. The number of ether oxygens (including phenoxy) is 2. The van der Waals surface area contributed by atoms with E-state index in [0.717, 1.165) is 77.0 Å². The van der Waals surface area contributed by atoms with Gasteiger partial charge < -0.3 is 34.6 Å². The zero-order valence-corrected chi connectivity index (χ0v) is 43.5. The van der Waals surface area contributed by atoms with Crippen LogP contribution in [0.25, 0.3) is 0 Å². The molecular formula is C51H92O15P2. The van der Waals surface area contributed by atoms with Crippen LogP contribution in [-0.2, 0) is 46.3 Å². The maximum absolute atomic E-state index is 12.2. The first-order chi connectivity index (χ1) is 32.8. The third kappa shape index (κ3) is 48.8. The van der Waals surface area contributed by atoms with Gasteiger partial charge in [0.15, 0.2) is 0 Å². The number of hydrogen-bond acceptors (Lipinski definition) is 13. The first-order valence-corrected chi connectivity index (χ1v) is 28.6. The van der Waals surface area contributed by atoms with Crippen molar-refractivity contribution in [3.05, 3.63) is 60.8 Å². The molecule has 17 heteroatoms. The Balaban J connectivity index is 3.89. The molecule has 0 bridgehead atoms. The molecule has 396 valence electrons. The van der Waals surface area contributed by atoms with Gasteiger partial charge in [0.05, 0.1) is 26.4 Å². The molecule has 0 rings (SSSR count). The maximum Gasteiger partial charge on any atom is 0.472 e. The molecule has 0 heterocycles. The van der Waals surface area contributed by atoms with Gasteiger partial charge in [-0.15, -0.1) is 0 Å². The minimum atomic E-state index is -4.79. The van der Waals surface area contributed by atoms with Crippen molar-refractivity contribution < 1.29 is 71.4 Å². The average Bonchev–Trinajstić information content (AvgIpc) is 3.31. The minimum absolute atomic E-state index is 0.169. The van der Waals surface area contributed by atoms with Gasteiger partial charge in [0.1, 0.15) is 31.5 Å². The molecule has 0 radical (unpaired) electrons. The zero-order valence-electron chi connectivity index (χ0n) is 41.8. The highest BCUT2D eigenvalue weighted by molar-refractivity contribution is 7.47. The van der Waals surface area contributed by atoms with Gasteiger partial charge in [0, 0.05) is 12.8 Å². The second kappa shape index (κ2) is 47.1. The molecule has 15 nitrogen and oxygen atoms in total. The topological polar surface area (TPSA) is 225 Å². The van der Waals surface area contributed by atoms with E-state index >= 15 is 0 Å². The summed E-state index contributed by atoms with van der Waals surface area (Å²) in [4.78, 5) is 43.8. The fourth-order valence-corrected chi connectivity index (χ4v) is 8.02. The van der Waals surface area contributed by atoms with Crippen LogP contribution < -0.4 is 0 Å². The van der Waals surface area contributed by atoms with Crippen molar-refractivity contribution in [3.63, 3.8) is 0 Å². The Hall–Kier alpha value is -2.26. The Labute approximate surface area is 410 Å². The predicted octanol–water partition coefficient (Wildman–Crippen LogP) is 12.2. The summed E-state index contributed by atoms with van der Waals surface area (Å²) in [6, 6.07) is 0. The summed E-state index contributed by atoms with van der Waals surface area (Å²) < 4.78 is 53.1. The summed E-state index contributed by atoms with van der Waals surface area (Å²) in [5.74, 6) is -1.02. The fraction of sp³-hybridized carbons (Fsp3) is 0.765. The second-order valence-electron chi connectivity index (χ2n) is 17.2. The Morgan fingerprint density at radius 3 is 0.941 bits per heavy atom. The van der Waals surface area contributed by atoms with Gasteiger partial charge in [-0.05, 0) is 83.5 Å². The Kier molecular flexibility index (Phi) is 45.5. The van der Waals surface area contributed by atoms with Crippen molar-refractivity contribution in [1.82, 2.24) is 0 Å². The lowest BCUT2D eigenvalue weighted by atomic mass is 10.1. The number of carbonyl (C=O) groups is 2. The highest BCUT2D eigenvalue weighted by atomic mass is 31.2. The average molecular weight is 1010 g/mol. The van der Waals surface area contributed by atoms with E-state index in [2.05, 4.69) is 88.2 Å². The van der Waals surface area contributed by atoms with Crippen molar-refractivity contribution in [1.29, 1.82) is 0 Å². The first-order valence-electron chi connectivity index (χ1n) is 25.6.